The quantitative estimate of drug-likeness (QED) is 0.344. The first-order chi connectivity index (χ1) is 20.1. The van der Waals surface area contributed by atoms with Crippen LogP contribution in [-0.4, -0.2) is 87.8 Å². The summed E-state index contributed by atoms with van der Waals surface area (Å²) >= 11 is 0. The predicted molar refractivity (Wildman–Crippen MR) is 149 cm³/mol. The summed E-state index contributed by atoms with van der Waals surface area (Å²) in [6, 6.07) is 13.4. The molecule has 214 valence electrons. The van der Waals surface area contributed by atoms with Gasteiger partial charge in [0.1, 0.15) is 11.8 Å². The van der Waals surface area contributed by atoms with Crippen LogP contribution in [-0.2, 0) is 17.8 Å². The van der Waals surface area contributed by atoms with Crippen molar-refractivity contribution in [1.29, 1.82) is 0 Å². The van der Waals surface area contributed by atoms with Gasteiger partial charge in [0, 0.05) is 51.0 Å². The molecule has 4 aromatic rings. The van der Waals surface area contributed by atoms with Gasteiger partial charge in [0.15, 0.2) is 17.3 Å². The minimum Gasteiger partial charge on any atom is -0.497 e. The van der Waals surface area contributed by atoms with Crippen LogP contribution < -0.4 is 19.8 Å². The number of aromatic nitrogens is 5. The molecule has 2 aromatic heterocycles. The molecule has 12 heteroatoms. The smallest absolute Gasteiger partial charge is 0.253 e. The Labute approximate surface area is 236 Å². The summed E-state index contributed by atoms with van der Waals surface area (Å²) in [5.41, 5.74) is 2.37. The highest BCUT2D eigenvalue weighted by atomic mass is 16.7. The molecule has 0 amide bonds. The second kappa shape index (κ2) is 11.1. The van der Waals surface area contributed by atoms with Crippen LogP contribution in [0.25, 0.3) is 10.9 Å². The summed E-state index contributed by atoms with van der Waals surface area (Å²) in [6.07, 6.45) is 2.07. The Kier molecular flexibility index (Phi) is 7.03. The first kappa shape index (κ1) is 25.9. The van der Waals surface area contributed by atoms with Crippen LogP contribution in [0.1, 0.15) is 35.8 Å². The van der Waals surface area contributed by atoms with Crippen molar-refractivity contribution in [2.75, 3.05) is 46.7 Å². The largest absolute Gasteiger partial charge is 0.497 e. The zero-order valence-corrected chi connectivity index (χ0v) is 23.0. The number of ether oxygens (including phenoxy) is 4. The molecule has 0 aliphatic carbocycles. The number of tetrazole rings is 1. The van der Waals surface area contributed by atoms with Gasteiger partial charge >= 0.3 is 0 Å². The van der Waals surface area contributed by atoms with Crippen LogP contribution >= 0.6 is 0 Å². The lowest BCUT2D eigenvalue weighted by Gasteiger charge is -2.38. The standard InChI is InChI=1S/C29H33N7O5/c1-38-21-6-5-20-14-23(29(37)30-24(20)15-21)27(28-31-32-33-36(28)17-22-3-2-12-39-22)35-10-8-34(9-11-35)16-19-4-7-25-26(13-19)41-18-40-25/h4-7,13-15,22,27H,2-3,8-12,16-18H2,1H3,(H,30,37). The normalized spacial score (nSPS) is 20.1. The van der Waals surface area contributed by atoms with Crippen LogP contribution in [0.4, 0.5) is 0 Å². The molecule has 1 N–H and O–H groups in total. The number of nitrogens with one attached hydrogen (secondary N) is 1. The number of nitrogens with zero attached hydrogens (tertiary/aromatic N) is 6. The van der Waals surface area contributed by atoms with Gasteiger partial charge in [-0.3, -0.25) is 14.6 Å². The molecule has 2 fully saturated rings. The van der Waals surface area contributed by atoms with E-state index in [0.29, 0.717) is 23.7 Å². The van der Waals surface area contributed by atoms with E-state index < -0.39 is 6.04 Å². The lowest BCUT2D eigenvalue weighted by molar-refractivity contribution is 0.0840. The fraction of sp³-hybridized carbons (Fsp3) is 0.448. The Morgan fingerprint density at radius 1 is 1.07 bits per heavy atom. The second-order valence-electron chi connectivity index (χ2n) is 10.8. The van der Waals surface area contributed by atoms with E-state index in [0.717, 1.165) is 74.6 Å². The van der Waals surface area contributed by atoms with Gasteiger partial charge in [0.2, 0.25) is 6.79 Å². The number of hydrogen-bond donors (Lipinski definition) is 1. The SMILES string of the molecule is COc1ccc2cc(C(c3nnnn3CC3CCCO3)N3CCN(Cc4ccc5c(c4)OCO5)CC3)c(=O)[nH]c2c1. The van der Waals surface area contributed by atoms with Crippen molar-refractivity contribution in [1.82, 2.24) is 35.0 Å². The molecule has 41 heavy (non-hydrogen) atoms. The summed E-state index contributed by atoms with van der Waals surface area (Å²) in [6.45, 7) is 5.57. The van der Waals surface area contributed by atoms with Crippen molar-refractivity contribution < 1.29 is 18.9 Å². The molecule has 7 rings (SSSR count). The van der Waals surface area contributed by atoms with Crippen molar-refractivity contribution in [2.45, 2.75) is 38.1 Å². The Bertz CT molecular complexity index is 1590. The molecule has 0 spiro atoms. The van der Waals surface area contributed by atoms with Gasteiger partial charge in [0.25, 0.3) is 5.56 Å². The third-order valence-electron chi connectivity index (χ3n) is 8.20. The summed E-state index contributed by atoms with van der Waals surface area (Å²) < 4.78 is 24.1. The third-order valence-corrected chi connectivity index (χ3v) is 8.20. The van der Waals surface area contributed by atoms with E-state index in [1.165, 1.54) is 5.56 Å². The third kappa shape index (κ3) is 5.25. The topological polar surface area (TPSA) is 120 Å². The number of piperazine rings is 1. The Morgan fingerprint density at radius 2 is 1.95 bits per heavy atom. The highest BCUT2D eigenvalue weighted by molar-refractivity contribution is 5.80. The average molecular weight is 560 g/mol. The van der Waals surface area contributed by atoms with E-state index in [1.54, 1.807) is 7.11 Å². The van der Waals surface area contributed by atoms with Crippen molar-refractivity contribution in [3.05, 3.63) is 69.8 Å². The molecular weight excluding hydrogens is 526 g/mol. The van der Waals surface area contributed by atoms with Gasteiger partial charge < -0.3 is 23.9 Å². The average Bonchev–Trinajstić information content (AvgIpc) is 3.77. The highest BCUT2D eigenvalue weighted by Gasteiger charge is 2.33. The molecule has 3 aliphatic rings. The summed E-state index contributed by atoms with van der Waals surface area (Å²) in [5, 5.41) is 13.8. The van der Waals surface area contributed by atoms with Crippen LogP contribution in [0.2, 0.25) is 0 Å². The van der Waals surface area contributed by atoms with E-state index in [4.69, 9.17) is 18.9 Å². The molecule has 2 unspecified atom stereocenters. The maximum Gasteiger partial charge on any atom is 0.253 e. The van der Waals surface area contributed by atoms with Crippen LogP contribution in [0, 0.1) is 0 Å². The lowest BCUT2D eigenvalue weighted by atomic mass is 10.0. The molecule has 12 nitrogen and oxygen atoms in total. The van der Waals surface area contributed by atoms with Crippen LogP contribution in [0.5, 0.6) is 17.2 Å². The van der Waals surface area contributed by atoms with E-state index >= 15 is 0 Å². The first-order valence-electron chi connectivity index (χ1n) is 14.1. The minimum atomic E-state index is -0.408. The van der Waals surface area contributed by atoms with Gasteiger partial charge in [-0.15, -0.1) is 5.10 Å². The van der Waals surface area contributed by atoms with E-state index in [-0.39, 0.29) is 18.5 Å². The monoisotopic (exact) mass is 559 g/mol. The molecule has 2 atom stereocenters. The number of methoxy groups -OCH3 is 1. The van der Waals surface area contributed by atoms with Crippen molar-refractivity contribution >= 4 is 10.9 Å². The molecule has 2 aromatic carbocycles. The van der Waals surface area contributed by atoms with Crippen molar-refractivity contribution in [3.8, 4) is 17.2 Å². The number of rotatable bonds is 8. The fourth-order valence-electron chi connectivity index (χ4n) is 6.02. The van der Waals surface area contributed by atoms with Crippen molar-refractivity contribution in [3.63, 3.8) is 0 Å². The predicted octanol–water partition coefficient (Wildman–Crippen LogP) is 2.34. The Morgan fingerprint density at radius 3 is 2.78 bits per heavy atom. The maximum absolute atomic E-state index is 13.6. The number of pyridine rings is 1. The van der Waals surface area contributed by atoms with Gasteiger partial charge in [-0.05, 0) is 64.5 Å². The molecular formula is C29H33N7O5. The summed E-state index contributed by atoms with van der Waals surface area (Å²) in [7, 11) is 1.61. The fourth-order valence-corrected chi connectivity index (χ4v) is 6.02. The van der Waals surface area contributed by atoms with E-state index in [1.807, 2.05) is 35.0 Å². The minimum absolute atomic E-state index is 0.0683. The number of aromatic amines is 1. The highest BCUT2D eigenvalue weighted by Crippen LogP contribution is 2.33. The zero-order chi connectivity index (χ0) is 27.8. The van der Waals surface area contributed by atoms with E-state index in [9.17, 15) is 4.79 Å². The molecule has 3 aliphatic heterocycles. The number of hydrogen-bond acceptors (Lipinski definition) is 10. The number of fused-ring (bicyclic) bond motifs is 2. The van der Waals surface area contributed by atoms with Gasteiger partial charge in [-0.25, -0.2) is 4.68 Å². The molecule has 5 heterocycles. The molecule has 0 radical (unpaired) electrons. The Balaban J connectivity index is 1.17. The van der Waals surface area contributed by atoms with Crippen molar-refractivity contribution in [2.24, 2.45) is 0 Å². The van der Waals surface area contributed by atoms with Crippen LogP contribution in [0.15, 0.2) is 47.3 Å². The van der Waals surface area contributed by atoms with Gasteiger partial charge in [0.05, 0.1) is 25.3 Å². The van der Waals surface area contributed by atoms with Gasteiger partial charge in [-0.2, -0.15) is 0 Å². The summed E-state index contributed by atoms with van der Waals surface area (Å²) in [5.74, 6) is 2.94. The van der Waals surface area contributed by atoms with Gasteiger partial charge in [-0.1, -0.05) is 6.07 Å². The maximum atomic E-state index is 13.6. The number of benzene rings is 2. The second-order valence-corrected chi connectivity index (χ2v) is 10.8. The lowest BCUT2D eigenvalue weighted by Crippen LogP contribution is -2.48. The molecule has 2 saturated heterocycles. The molecule has 0 saturated carbocycles. The summed E-state index contributed by atoms with van der Waals surface area (Å²) in [4.78, 5) is 21.4. The zero-order valence-electron chi connectivity index (χ0n) is 23.0. The number of H-pyrrole nitrogens is 1. The first-order valence-corrected chi connectivity index (χ1v) is 14.1. The van der Waals surface area contributed by atoms with E-state index in [2.05, 4.69) is 42.4 Å². The van der Waals surface area contributed by atoms with Crippen LogP contribution in [0.3, 0.4) is 0 Å². The Hall–Kier alpha value is -4.00. The molecule has 0 bridgehead atoms.